The largest absolute Gasteiger partial charge is 0.335 e. The van der Waals surface area contributed by atoms with Crippen LogP contribution in [0.3, 0.4) is 0 Å². The Morgan fingerprint density at radius 1 is 1.25 bits per heavy atom. The molecule has 0 aliphatic heterocycles. The highest BCUT2D eigenvalue weighted by Gasteiger charge is 2.20. The summed E-state index contributed by atoms with van der Waals surface area (Å²) < 4.78 is 0. The highest BCUT2D eigenvalue weighted by molar-refractivity contribution is 5.96. The lowest BCUT2D eigenvalue weighted by Gasteiger charge is -2.27. The van der Waals surface area contributed by atoms with Gasteiger partial charge in [-0.25, -0.2) is 4.79 Å². The van der Waals surface area contributed by atoms with Crippen molar-refractivity contribution in [3.05, 3.63) is 29.8 Å². The first-order valence-electron chi connectivity index (χ1n) is 7.23. The minimum Gasteiger partial charge on any atom is -0.335 e. The van der Waals surface area contributed by atoms with Gasteiger partial charge in [0.1, 0.15) is 0 Å². The Hall–Kier alpha value is -1.84. The number of carbonyl (C=O) groups is 2. The minimum atomic E-state index is -0.190. The van der Waals surface area contributed by atoms with Gasteiger partial charge in [0, 0.05) is 17.3 Å². The second kappa shape index (κ2) is 6.55. The highest BCUT2D eigenvalue weighted by atomic mass is 16.2. The van der Waals surface area contributed by atoms with Gasteiger partial charge in [0.2, 0.25) is 0 Å². The summed E-state index contributed by atoms with van der Waals surface area (Å²) in [7, 11) is 0. The van der Waals surface area contributed by atoms with Gasteiger partial charge in [0.05, 0.1) is 0 Å². The van der Waals surface area contributed by atoms with Crippen molar-refractivity contribution >= 4 is 17.5 Å². The number of anilines is 1. The van der Waals surface area contributed by atoms with Gasteiger partial charge in [-0.1, -0.05) is 31.9 Å². The molecule has 0 radical (unpaired) electrons. The van der Waals surface area contributed by atoms with Crippen molar-refractivity contribution in [1.29, 1.82) is 0 Å². The van der Waals surface area contributed by atoms with E-state index in [9.17, 15) is 9.59 Å². The Kier molecular flexibility index (Phi) is 4.77. The first-order valence-corrected chi connectivity index (χ1v) is 7.23. The van der Waals surface area contributed by atoms with Gasteiger partial charge in [-0.2, -0.15) is 0 Å². The van der Waals surface area contributed by atoms with Gasteiger partial charge < -0.3 is 10.6 Å². The summed E-state index contributed by atoms with van der Waals surface area (Å²) in [6.07, 6.45) is 4.51. The molecule has 1 aliphatic carbocycles. The summed E-state index contributed by atoms with van der Waals surface area (Å²) in [5.41, 5.74) is 1.26. The third-order valence-corrected chi connectivity index (χ3v) is 3.80. The number of amides is 2. The molecular formula is C16H22N2O2. The van der Waals surface area contributed by atoms with E-state index in [0.717, 1.165) is 12.8 Å². The second-order valence-electron chi connectivity index (χ2n) is 5.70. The van der Waals surface area contributed by atoms with Crippen LogP contribution in [0.25, 0.3) is 0 Å². The fourth-order valence-corrected chi connectivity index (χ4v) is 2.73. The van der Waals surface area contributed by atoms with Crippen LogP contribution in [0.15, 0.2) is 24.3 Å². The van der Waals surface area contributed by atoms with Gasteiger partial charge >= 0.3 is 6.03 Å². The second-order valence-corrected chi connectivity index (χ2v) is 5.70. The molecule has 4 heteroatoms. The molecule has 2 amide bonds. The van der Waals surface area contributed by atoms with Gasteiger partial charge in [0.15, 0.2) is 5.78 Å². The third kappa shape index (κ3) is 4.08. The standard InChI is InChI=1S/C16H22N2O2/c1-11-5-3-7-14(9-11)17-16(20)18-15-8-4-6-13(10-15)12(2)19/h4,6,8,10-11,14H,3,5,7,9H2,1-2H3,(H2,17,18,20). The normalized spacial score (nSPS) is 22.1. The number of hydrogen-bond donors (Lipinski definition) is 2. The molecule has 1 fully saturated rings. The molecule has 0 heterocycles. The number of Topliss-reactive ketones (excluding diaryl/α,β-unsaturated/α-hetero) is 1. The molecule has 0 aromatic heterocycles. The SMILES string of the molecule is CC(=O)c1cccc(NC(=O)NC2CCCC(C)C2)c1. The smallest absolute Gasteiger partial charge is 0.319 e. The van der Waals surface area contributed by atoms with Gasteiger partial charge in [-0.15, -0.1) is 0 Å². The van der Waals surface area contributed by atoms with E-state index in [1.54, 1.807) is 24.3 Å². The lowest BCUT2D eigenvalue weighted by atomic mass is 9.87. The number of ketones is 1. The van der Waals surface area contributed by atoms with Crippen LogP contribution in [0, 0.1) is 5.92 Å². The molecule has 2 rings (SSSR count). The maximum absolute atomic E-state index is 12.0. The van der Waals surface area contributed by atoms with Crippen LogP contribution in [0.4, 0.5) is 10.5 Å². The lowest BCUT2D eigenvalue weighted by Crippen LogP contribution is -2.40. The summed E-state index contributed by atoms with van der Waals surface area (Å²) in [6, 6.07) is 7.07. The number of rotatable bonds is 3. The van der Waals surface area contributed by atoms with E-state index in [4.69, 9.17) is 0 Å². The summed E-state index contributed by atoms with van der Waals surface area (Å²) >= 11 is 0. The zero-order valence-electron chi connectivity index (χ0n) is 12.1. The maximum Gasteiger partial charge on any atom is 0.319 e. The van der Waals surface area contributed by atoms with Crippen molar-refractivity contribution < 1.29 is 9.59 Å². The number of hydrogen-bond acceptors (Lipinski definition) is 2. The van der Waals surface area contributed by atoms with Gasteiger partial charge in [-0.05, 0) is 37.8 Å². The molecule has 2 N–H and O–H groups in total. The van der Waals surface area contributed by atoms with E-state index in [1.807, 2.05) is 0 Å². The summed E-state index contributed by atoms with van der Waals surface area (Å²) in [6.45, 7) is 3.74. The summed E-state index contributed by atoms with van der Waals surface area (Å²) in [5, 5.41) is 5.81. The number of carbonyl (C=O) groups excluding carboxylic acids is 2. The van der Waals surface area contributed by atoms with Crippen molar-refractivity contribution in [2.45, 2.75) is 45.6 Å². The molecule has 0 spiro atoms. The summed E-state index contributed by atoms with van der Waals surface area (Å²) in [4.78, 5) is 23.3. The molecule has 108 valence electrons. The third-order valence-electron chi connectivity index (χ3n) is 3.80. The van der Waals surface area contributed by atoms with Crippen LogP contribution in [0.5, 0.6) is 0 Å². The first-order chi connectivity index (χ1) is 9.54. The minimum absolute atomic E-state index is 0.00448. The van der Waals surface area contributed by atoms with Gasteiger partial charge in [-0.3, -0.25) is 4.79 Å². The lowest BCUT2D eigenvalue weighted by molar-refractivity contribution is 0.101. The number of nitrogens with one attached hydrogen (secondary N) is 2. The number of urea groups is 1. The van der Waals surface area contributed by atoms with E-state index in [0.29, 0.717) is 17.2 Å². The van der Waals surface area contributed by atoms with Crippen LogP contribution in [0.2, 0.25) is 0 Å². The summed E-state index contributed by atoms with van der Waals surface area (Å²) in [5.74, 6) is 0.672. The average Bonchev–Trinajstić information content (AvgIpc) is 2.38. The molecule has 0 saturated heterocycles. The van der Waals surface area contributed by atoms with E-state index < -0.39 is 0 Å². The number of benzene rings is 1. The average molecular weight is 274 g/mol. The van der Waals surface area contributed by atoms with Crippen molar-refractivity contribution in [3.63, 3.8) is 0 Å². The quantitative estimate of drug-likeness (QED) is 0.827. The van der Waals surface area contributed by atoms with E-state index in [2.05, 4.69) is 17.6 Å². The van der Waals surface area contributed by atoms with E-state index >= 15 is 0 Å². The Bertz CT molecular complexity index is 499. The zero-order chi connectivity index (χ0) is 14.5. The monoisotopic (exact) mass is 274 g/mol. The van der Waals surface area contributed by atoms with Crippen LogP contribution in [-0.2, 0) is 0 Å². The predicted octanol–water partition coefficient (Wildman–Crippen LogP) is 3.59. The zero-order valence-corrected chi connectivity index (χ0v) is 12.1. The molecule has 0 bridgehead atoms. The van der Waals surface area contributed by atoms with Crippen molar-refractivity contribution in [2.75, 3.05) is 5.32 Å². The Morgan fingerprint density at radius 2 is 2.05 bits per heavy atom. The first kappa shape index (κ1) is 14.6. The van der Waals surface area contributed by atoms with E-state index in [-0.39, 0.29) is 17.9 Å². The molecule has 1 saturated carbocycles. The Morgan fingerprint density at radius 3 is 2.75 bits per heavy atom. The fraction of sp³-hybridized carbons (Fsp3) is 0.500. The van der Waals surface area contributed by atoms with Crippen LogP contribution >= 0.6 is 0 Å². The van der Waals surface area contributed by atoms with Crippen LogP contribution < -0.4 is 10.6 Å². The molecule has 20 heavy (non-hydrogen) atoms. The maximum atomic E-state index is 12.0. The molecule has 1 aromatic rings. The predicted molar refractivity (Wildman–Crippen MR) is 80.0 cm³/mol. The fourth-order valence-electron chi connectivity index (χ4n) is 2.73. The van der Waals surface area contributed by atoms with Crippen molar-refractivity contribution in [1.82, 2.24) is 5.32 Å². The Balaban J connectivity index is 1.91. The molecule has 2 atom stereocenters. The molecule has 2 unspecified atom stereocenters. The van der Waals surface area contributed by atoms with Gasteiger partial charge in [0.25, 0.3) is 0 Å². The molecule has 4 nitrogen and oxygen atoms in total. The van der Waals surface area contributed by atoms with Crippen molar-refractivity contribution in [2.24, 2.45) is 5.92 Å². The molecule has 1 aliphatic rings. The topological polar surface area (TPSA) is 58.2 Å². The van der Waals surface area contributed by atoms with Crippen LogP contribution in [0.1, 0.15) is 49.9 Å². The highest BCUT2D eigenvalue weighted by Crippen LogP contribution is 2.23. The molecular weight excluding hydrogens is 252 g/mol. The van der Waals surface area contributed by atoms with Crippen molar-refractivity contribution in [3.8, 4) is 0 Å². The van der Waals surface area contributed by atoms with E-state index in [1.165, 1.54) is 19.8 Å². The molecule has 1 aromatic carbocycles. The Labute approximate surface area is 119 Å². The van der Waals surface area contributed by atoms with Crippen LogP contribution in [-0.4, -0.2) is 17.9 Å².